The van der Waals surface area contributed by atoms with Crippen molar-refractivity contribution >= 4 is 5.91 Å². The molecule has 0 bridgehead atoms. The van der Waals surface area contributed by atoms with Crippen LogP contribution in [-0.2, 0) is 0 Å². The average molecular weight is 338 g/mol. The van der Waals surface area contributed by atoms with Gasteiger partial charge in [-0.1, -0.05) is 12.8 Å². The maximum atomic E-state index is 12.6. The molecular weight excluding hydrogens is 314 g/mol. The highest BCUT2D eigenvalue weighted by molar-refractivity contribution is 5.94. The Kier molecular flexibility index (Phi) is 5.66. The normalized spacial score (nSPS) is 20.4. The largest absolute Gasteiger partial charge is 0.435 e. The van der Waals surface area contributed by atoms with Crippen molar-refractivity contribution in [3.63, 3.8) is 0 Å². The summed E-state index contributed by atoms with van der Waals surface area (Å²) in [6, 6.07) is 6.63. The van der Waals surface area contributed by atoms with Crippen LogP contribution in [0.1, 0.15) is 42.5 Å². The molecule has 1 aliphatic heterocycles. The van der Waals surface area contributed by atoms with Crippen molar-refractivity contribution in [1.82, 2.24) is 9.80 Å². The molecule has 4 nitrogen and oxygen atoms in total. The van der Waals surface area contributed by atoms with Crippen LogP contribution in [0.3, 0.4) is 0 Å². The van der Waals surface area contributed by atoms with E-state index in [4.69, 9.17) is 0 Å². The zero-order valence-electron chi connectivity index (χ0n) is 13.8. The Morgan fingerprint density at radius 1 is 1.00 bits per heavy atom. The van der Waals surface area contributed by atoms with Gasteiger partial charge in [-0.2, -0.15) is 8.78 Å². The van der Waals surface area contributed by atoms with E-state index >= 15 is 0 Å². The lowest BCUT2D eigenvalue weighted by atomic mass is 10.2. The van der Waals surface area contributed by atoms with Crippen molar-refractivity contribution in [2.45, 2.75) is 44.8 Å². The quantitative estimate of drug-likeness (QED) is 0.844. The highest BCUT2D eigenvalue weighted by atomic mass is 19.3. The van der Waals surface area contributed by atoms with E-state index in [9.17, 15) is 13.6 Å². The number of carbonyl (C=O) groups is 1. The second-order valence-electron chi connectivity index (χ2n) is 6.52. The molecule has 24 heavy (non-hydrogen) atoms. The minimum atomic E-state index is -2.85. The summed E-state index contributed by atoms with van der Waals surface area (Å²) < 4.78 is 28.7. The van der Waals surface area contributed by atoms with E-state index in [0.29, 0.717) is 11.6 Å². The Hall–Kier alpha value is -1.69. The number of nitrogens with zero attached hydrogens (tertiary/aromatic N) is 2. The smallest absolute Gasteiger partial charge is 0.387 e. The predicted molar refractivity (Wildman–Crippen MR) is 87.4 cm³/mol. The predicted octanol–water partition coefficient (Wildman–Crippen LogP) is 3.38. The van der Waals surface area contributed by atoms with Gasteiger partial charge in [-0.15, -0.1) is 0 Å². The third kappa shape index (κ3) is 4.23. The van der Waals surface area contributed by atoms with Gasteiger partial charge >= 0.3 is 6.61 Å². The second-order valence-corrected chi connectivity index (χ2v) is 6.52. The molecule has 1 aromatic rings. The molecule has 0 N–H and O–H groups in total. The van der Waals surface area contributed by atoms with Gasteiger partial charge in [0.2, 0.25) is 0 Å². The number of alkyl halides is 2. The molecule has 2 aliphatic rings. The minimum Gasteiger partial charge on any atom is -0.435 e. The number of rotatable bonds is 4. The van der Waals surface area contributed by atoms with Gasteiger partial charge in [0.05, 0.1) is 0 Å². The Labute approximate surface area is 141 Å². The number of amides is 1. The molecule has 0 radical (unpaired) electrons. The molecule has 1 aliphatic carbocycles. The van der Waals surface area contributed by atoms with Crippen LogP contribution in [0.15, 0.2) is 24.3 Å². The zero-order valence-corrected chi connectivity index (χ0v) is 13.8. The van der Waals surface area contributed by atoms with E-state index < -0.39 is 6.61 Å². The van der Waals surface area contributed by atoms with Gasteiger partial charge in [-0.25, -0.2) is 0 Å². The van der Waals surface area contributed by atoms with Crippen molar-refractivity contribution in [3.05, 3.63) is 29.8 Å². The third-order valence-corrected chi connectivity index (χ3v) is 4.99. The molecule has 1 saturated carbocycles. The van der Waals surface area contributed by atoms with E-state index in [1.165, 1.54) is 37.8 Å². The summed E-state index contributed by atoms with van der Waals surface area (Å²) in [5.41, 5.74) is 0.519. The van der Waals surface area contributed by atoms with Crippen LogP contribution < -0.4 is 4.74 Å². The van der Waals surface area contributed by atoms with Crippen molar-refractivity contribution in [3.8, 4) is 5.75 Å². The second kappa shape index (κ2) is 7.92. The van der Waals surface area contributed by atoms with Crippen LogP contribution in [0.25, 0.3) is 0 Å². The van der Waals surface area contributed by atoms with E-state index in [0.717, 1.165) is 32.6 Å². The molecule has 0 unspecified atom stereocenters. The molecule has 0 atom stereocenters. The van der Waals surface area contributed by atoms with Gasteiger partial charge in [0.15, 0.2) is 0 Å². The van der Waals surface area contributed by atoms with Crippen molar-refractivity contribution in [2.24, 2.45) is 0 Å². The molecular formula is C18H24F2N2O2. The van der Waals surface area contributed by atoms with Gasteiger partial charge in [0.25, 0.3) is 5.91 Å². The standard InChI is InChI=1S/C18H24F2N2O2/c19-18(20)24-16-8-6-14(7-9-16)17(23)22-11-3-10-21(12-13-22)15-4-1-2-5-15/h6-9,15,18H,1-5,10-13H2. The highest BCUT2D eigenvalue weighted by Gasteiger charge is 2.26. The van der Waals surface area contributed by atoms with E-state index in [1.807, 2.05) is 4.90 Å². The zero-order chi connectivity index (χ0) is 16.9. The number of hydrogen-bond donors (Lipinski definition) is 0. The Morgan fingerprint density at radius 3 is 2.38 bits per heavy atom. The van der Waals surface area contributed by atoms with Gasteiger partial charge < -0.3 is 9.64 Å². The first-order valence-corrected chi connectivity index (χ1v) is 8.71. The lowest BCUT2D eigenvalue weighted by molar-refractivity contribution is -0.0498. The fraction of sp³-hybridized carbons (Fsp3) is 0.611. The third-order valence-electron chi connectivity index (χ3n) is 4.99. The first kappa shape index (κ1) is 17.1. The van der Waals surface area contributed by atoms with Gasteiger partial charge in [0.1, 0.15) is 5.75 Å². The number of benzene rings is 1. The fourth-order valence-electron chi connectivity index (χ4n) is 3.74. The summed E-state index contributed by atoms with van der Waals surface area (Å²) in [7, 11) is 0. The fourth-order valence-corrected chi connectivity index (χ4v) is 3.74. The maximum Gasteiger partial charge on any atom is 0.387 e. The van der Waals surface area contributed by atoms with E-state index in [2.05, 4.69) is 9.64 Å². The molecule has 1 heterocycles. The van der Waals surface area contributed by atoms with Crippen molar-refractivity contribution in [1.29, 1.82) is 0 Å². The number of hydrogen-bond acceptors (Lipinski definition) is 3. The number of halogens is 2. The van der Waals surface area contributed by atoms with Crippen LogP contribution in [-0.4, -0.2) is 54.5 Å². The van der Waals surface area contributed by atoms with Crippen LogP contribution >= 0.6 is 0 Å². The van der Waals surface area contributed by atoms with Gasteiger partial charge in [0, 0.05) is 37.8 Å². The maximum absolute atomic E-state index is 12.6. The highest BCUT2D eigenvalue weighted by Crippen LogP contribution is 2.24. The molecule has 6 heteroatoms. The van der Waals surface area contributed by atoms with Crippen molar-refractivity contribution < 1.29 is 18.3 Å². The van der Waals surface area contributed by atoms with Crippen LogP contribution in [0.2, 0.25) is 0 Å². The van der Waals surface area contributed by atoms with Gasteiger partial charge in [-0.05, 0) is 43.5 Å². The van der Waals surface area contributed by atoms with Crippen LogP contribution in [0.5, 0.6) is 5.75 Å². The first-order chi connectivity index (χ1) is 11.6. The monoisotopic (exact) mass is 338 g/mol. The van der Waals surface area contributed by atoms with Crippen LogP contribution in [0.4, 0.5) is 8.78 Å². The van der Waals surface area contributed by atoms with Crippen LogP contribution in [0, 0.1) is 0 Å². The number of ether oxygens (including phenoxy) is 1. The molecule has 2 fully saturated rings. The molecule has 1 amide bonds. The molecule has 1 aromatic carbocycles. The van der Waals surface area contributed by atoms with Gasteiger partial charge in [-0.3, -0.25) is 9.69 Å². The van der Waals surface area contributed by atoms with Crippen molar-refractivity contribution in [2.75, 3.05) is 26.2 Å². The molecule has 0 spiro atoms. The lowest BCUT2D eigenvalue weighted by Gasteiger charge is -2.27. The Bertz CT molecular complexity index is 544. The molecule has 0 aromatic heterocycles. The lowest BCUT2D eigenvalue weighted by Crippen LogP contribution is -2.38. The summed E-state index contributed by atoms with van der Waals surface area (Å²) >= 11 is 0. The molecule has 3 rings (SSSR count). The topological polar surface area (TPSA) is 32.8 Å². The summed E-state index contributed by atoms with van der Waals surface area (Å²) in [6.07, 6.45) is 6.17. The van der Waals surface area contributed by atoms with E-state index in [1.54, 1.807) is 12.1 Å². The summed E-state index contributed by atoms with van der Waals surface area (Å²) in [4.78, 5) is 17.0. The Morgan fingerprint density at radius 2 is 1.71 bits per heavy atom. The number of carbonyl (C=O) groups excluding carboxylic acids is 1. The first-order valence-electron chi connectivity index (χ1n) is 8.71. The minimum absolute atomic E-state index is 0.0353. The molecule has 132 valence electrons. The van der Waals surface area contributed by atoms with E-state index in [-0.39, 0.29) is 11.7 Å². The summed E-state index contributed by atoms with van der Waals surface area (Å²) in [6.45, 7) is 0.597. The summed E-state index contributed by atoms with van der Waals surface area (Å²) in [5.74, 6) is 0.0386. The average Bonchev–Trinajstić information content (AvgIpc) is 2.99. The Balaban J connectivity index is 1.58. The summed E-state index contributed by atoms with van der Waals surface area (Å²) in [5, 5.41) is 0. The molecule has 1 saturated heterocycles. The SMILES string of the molecule is O=C(c1ccc(OC(F)F)cc1)N1CCCN(C2CCCC2)CC1.